The first kappa shape index (κ1) is 10.7. The SMILES string of the molecule is CCN1C=C(/C=C/C(C)=O)CCC1=O. The molecule has 0 N–H and O–H groups in total. The lowest BCUT2D eigenvalue weighted by molar-refractivity contribution is -0.129. The predicted molar refractivity (Wildman–Crippen MR) is 54.5 cm³/mol. The Morgan fingerprint density at radius 3 is 2.86 bits per heavy atom. The van der Waals surface area contributed by atoms with E-state index in [9.17, 15) is 9.59 Å². The van der Waals surface area contributed by atoms with Crippen molar-refractivity contribution in [3.05, 3.63) is 23.9 Å². The van der Waals surface area contributed by atoms with Gasteiger partial charge in [-0.3, -0.25) is 9.59 Å². The number of nitrogens with zero attached hydrogens (tertiary/aromatic N) is 1. The molecule has 0 aromatic carbocycles. The minimum absolute atomic E-state index is 0.0332. The van der Waals surface area contributed by atoms with Crippen LogP contribution in [0, 0.1) is 0 Å². The van der Waals surface area contributed by atoms with Gasteiger partial charge in [-0.05, 0) is 31.9 Å². The second kappa shape index (κ2) is 4.74. The van der Waals surface area contributed by atoms with Gasteiger partial charge in [0.25, 0.3) is 0 Å². The van der Waals surface area contributed by atoms with E-state index in [1.165, 1.54) is 13.0 Å². The number of hydrogen-bond donors (Lipinski definition) is 0. The molecule has 0 bridgehead atoms. The summed E-state index contributed by atoms with van der Waals surface area (Å²) >= 11 is 0. The van der Waals surface area contributed by atoms with Crippen LogP contribution in [0.3, 0.4) is 0 Å². The van der Waals surface area contributed by atoms with Crippen LogP contribution in [0.1, 0.15) is 26.7 Å². The number of carbonyl (C=O) groups is 2. The van der Waals surface area contributed by atoms with Crippen molar-refractivity contribution in [1.29, 1.82) is 0 Å². The van der Waals surface area contributed by atoms with Gasteiger partial charge in [0, 0.05) is 19.2 Å². The summed E-state index contributed by atoms with van der Waals surface area (Å²) in [5, 5.41) is 0. The van der Waals surface area contributed by atoms with Crippen LogP contribution >= 0.6 is 0 Å². The van der Waals surface area contributed by atoms with Gasteiger partial charge < -0.3 is 4.90 Å². The van der Waals surface area contributed by atoms with Crippen molar-refractivity contribution in [3.8, 4) is 0 Å². The average molecular weight is 193 g/mol. The fraction of sp³-hybridized carbons (Fsp3) is 0.455. The highest BCUT2D eigenvalue weighted by molar-refractivity contribution is 5.88. The third-order valence-electron chi connectivity index (χ3n) is 2.14. The number of hydrogen-bond acceptors (Lipinski definition) is 2. The molecule has 1 aliphatic heterocycles. The predicted octanol–water partition coefficient (Wildman–Crippen LogP) is 1.66. The van der Waals surface area contributed by atoms with Crippen LogP contribution in [0.4, 0.5) is 0 Å². The van der Waals surface area contributed by atoms with Gasteiger partial charge in [-0.15, -0.1) is 0 Å². The molecular weight excluding hydrogens is 178 g/mol. The first-order valence-electron chi connectivity index (χ1n) is 4.82. The van der Waals surface area contributed by atoms with Gasteiger partial charge in [0.05, 0.1) is 0 Å². The van der Waals surface area contributed by atoms with E-state index in [0.717, 1.165) is 12.0 Å². The van der Waals surface area contributed by atoms with Crippen LogP contribution in [-0.4, -0.2) is 23.1 Å². The third kappa shape index (κ3) is 2.83. The van der Waals surface area contributed by atoms with Crippen molar-refractivity contribution in [2.24, 2.45) is 0 Å². The molecule has 0 radical (unpaired) electrons. The summed E-state index contributed by atoms with van der Waals surface area (Å²) in [5.41, 5.74) is 1.04. The molecule has 0 saturated carbocycles. The number of rotatable bonds is 3. The highest BCUT2D eigenvalue weighted by Gasteiger charge is 2.15. The molecular formula is C11H15NO2. The van der Waals surface area contributed by atoms with Gasteiger partial charge in [-0.2, -0.15) is 0 Å². The van der Waals surface area contributed by atoms with Crippen molar-refractivity contribution in [2.75, 3.05) is 6.54 Å². The van der Waals surface area contributed by atoms with Crippen LogP contribution in [0.15, 0.2) is 23.9 Å². The van der Waals surface area contributed by atoms with Gasteiger partial charge in [-0.1, -0.05) is 6.08 Å². The van der Waals surface area contributed by atoms with Crippen LogP contribution < -0.4 is 0 Å². The Balaban J connectivity index is 2.71. The molecule has 14 heavy (non-hydrogen) atoms. The van der Waals surface area contributed by atoms with Crippen molar-refractivity contribution in [3.63, 3.8) is 0 Å². The average Bonchev–Trinajstić information content (AvgIpc) is 2.16. The highest BCUT2D eigenvalue weighted by Crippen LogP contribution is 2.16. The van der Waals surface area contributed by atoms with E-state index < -0.39 is 0 Å². The van der Waals surface area contributed by atoms with Crippen LogP contribution in [0.25, 0.3) is 0 Å². The van der Waals surface area contributed by atoms with Crippen molar-refractivity contribution >= 4 is 11.7 Å². The van der Waals surface area contributed by atoms with Crippen LogP contribution in [0.5, 0.6) is 0 Å². The highest BCUT2D eigenvalue weighted by atomic mass is 16.2. The summed E-state index contributed by atoms with van der Waals surface area (Å²) < 4.78 is 0. The normalized spacial score (nSPS) is 17.4. The number of carbonyl (C=O) groups excluding carboxylic acids is 2. The summed E-state index contributed by atoms with van der Waals surface area (Å²) in [6, 6.07) is 0. The lowest BCUT2D eigenvalue weighted by atomic mass is 10.1. The largest absolute Gasteiger partial charge is 0.319 e. The van der Waals surface area contributed by atoms with E-state index in [1.54, 1.807) is 11.0 Å². The van der Waals surface area contributed by atoms with E-state index in [-0.39, 0.29) is 11.7 Å². The van der Waals surface area contributed by atoms with E-state index in [4.69, 9.17) is 0 Å². The van der Waals surface area contributed by atoms with Crippen LogP contribution in [-0.2, 0) is 9.59 Å². The Morgan fingerprint density at radius 2 is 2.29 bits per heavy atom. The standard InChI is InChI=1S/C11H15NO2/c1-3-12-8-10(5-4-9(2)13)6-7-11(12)14/h4-5,8H,3,6-7H2,1-2H3/b5-4+. The van der Waals surface area contributed by atoms with Gasteiger partial charge in [-0.25, -0.2) is 0 Å². The molecule has 1 amide bonds. The molecule has 0 aromatic rings. The molecule has 1 rings (SSSR count). The van der Waals surface area contributed by atoms with Crippen LogP contribution in [0.2, 0.25) is 0 Å². The Bertz CT molecular complexity index is 302. The topological polar surface area (TPSA) is 37.4 Å². The minimum Gasteiger partial charge on any atom is -0.319 e. The molecule has 0 aliphatic carbocycles. The molecule has 0 spiro atoms. The molecule has 3 heteroatoms. The Morgan fingerprint density at radius 1 is 1.57 bits per heavy atom. The number of allylic oxidation sites excluding steroid dienone is 3. The molecule has 1 heterocycles. The molecule has 0 fully saturated rings. The quantitative estimate of drug-likeness (QED) is 0.639. The zero-order chi connectivity index (χ0) is 10.6. The second-order valence-electron chi connectivity index (χ2n) is 3.33. The molecule has 3 nitrogen and oxygen atoms in total. The van der Waals surface area contributed by atoms with Crippen molar-refractivity contribution < 1.29 is 9.59 Å². The molecule has 0 saturated heterocycles. The second-order valence-corrected chi connectivity index (χ2v) is 3.33. The molecule has 0 atom stereocenters. The van der Waals surface area contributed by atoms with Gasteiger partial charge in [0.15, 0.2) is 5.78 Å². The monoisotopic (exact) mass is 193 g/mol. The third-order valence-corrected chi connectivity index (χ3v) is 2.14. The summed E-state index contributed by atoms with van der Waals surface area (Å²) in [7, 11) is 0. The Kier molecular flexibility index (Phi) is 3.63. The maximum atomic E-state index is 11.3. The van der Waals surface area contributed by atoms with Gasteiger partial charge >= 0.3 is 0 Å². The zero-order valence-corrected chi connectivity index (χ0v) is 8.62. The number of amides is 1. The van der Waals surface area contributed by atoms with E-state index in [0.29, 0.717) is 13.0 Å². The molecule has 76 valence electrons. The molecule has 0 aromatic heterocycles. The van der Waals surface area contributed by atoms with Gasteiger partial charge in [0.2, 0.25) is 5.91 Å². The summed E-state index contributed by atoms with van der Waals surface area (Å²) in [6.45, 7) is 4.14. The number of ketones is 1. The van der Waals surface area contributed by atoms with E-state index >= 15 is 0 Å². The Labute approximate surface area is 84.1 Å². The lowest BCUT2D eigenvalue weighted by Crippen LogP contribution is -2.28. The first-order valence-corrected chi connectivity index (χ1v) is 4.82. The molecule has 0 unspecified atom stereocenters. The summed E-state index contributed by atoms with van der Waals surface area (Å²) in [4.78, 5) is 23.7. The summed E-state index contributed by atoms with van der Waals surface area (Å²) in [6.07, 6.45) is 6.43. The zero-order valence-electron chi connectivity index (χ0n) is 8.62. The van der Waals surface area contributed by atoms with Crippen molar-refractivity contribution in [2.45, 2.75) is 26.7 Å². The lowest BCUT2D eigenvalue weighted by Gasteiger charge is -2.22. The van der Waals surface area contributed by atoms with Crippen molar-refractivity contribution in [1.82, 2.24) is 4.90 Å². The maximum absolute atomic E-state index is 11.3. The van der Waals surface area contributed by atoms with E-state index in [2.05, 4.69) is 0 Å². The maximum Gasteiger partial charge on any atom is 0.226 e. The summed E-state index contributed by atoms with van der Waals surface area (Å²) in [5.74, 6) is 0.193. The smallest absolute Gasteiger partial charge is 0.226 e. The first-order chi connectivity index (χ1) is 6.63. The van der Waals surface area contributed by atoms with Gasteiger partial charge in [0.1, 0.15) is 0 Å². The minimum atomic E-state index is 0.0332. The fourth-order valence-corrected chi connectivity index (χ4v) is 1.35. The fourth-order valence-electron chi connectivity index (χ4n) is 1.35. The Hall–Kier alpha value is -1.38. The van der Waals surface area contributed by atoms with E-state index in [1.807, 2.05) is 13.1 Å². The molecule has 1 aliphatic rings.